The Morgan fingerprint density at radius 2 is 1.62 bits per heavy atom. The van der Waals surface area contributed by atoms with Crippen molar-refractivity contribution < 1.29 is 20.3 Å². The van der Waals surface area contributed by atoms with Gasteiger partial charge >= 0.3 is 18.9 Å². The van der Waals surface area contributed by atoms with Crippen molar-refractivity contribution in [2.45, 2.75) is 0 Å². The average molecular weight is 122 g/mol. The van der Waals surface area contributed by atoms with E-state index in [2.05, 4.69) is 13.2 Å². The van der Waals surface area contributed by atoms with E-state index in [1.54, 1.807) is 0 Å². The fourth-order valence-corrected chi connectivity index (χ4v) is 0.862. The van der Waals surface area contributed by atoms with Crippen LogP contribution in [0.3, 0.4) is 0 Å². The van der Waals surface area contributed by atoms with E-state index < -0.39 is 0 Å². The van der Waals surface area contributed by atoms with E-state index >= 15 is 0 Å². The third-order valence-electron chi connectivity index (χ3n) is 0.577. The zero-order valence-corrected chi connectivity index (χ0v) is 6.48. The van der Waals surface area contributed by atoms with Crippen molar-refractivity contribution >= 4 is 8.58 Å². The number of hydrogen-bond donors (Lipinski definition) is 0. The van der Waals surface area contributed by atoms with Crippen molar-refractivity contribution in [3.05, 3.63) is 25.3 Å². The molecule has 0 bridgehead atoms. The van der Waals surface area contributed by atoms with Crippen LogP contribution < -0.4 is 18.9 Å². The van der Waals surface area contributed by atoms with Crippen molar-refractivity contribution in [3.63, 3.8) is 0 Å². The Morgan fingerprint density at radius 3 is 1.88 bits per heavy atom. The summed E-state index contributed by atoms with van der Waals surface area (Å²) in [5.74, 6) is 0. The molecule has 0 aliphatic carbocycles. The maximum Gasteiger partial charge on any atom is 1.00 e. The normalized spacial score (nSPS) is 7.00. The maximum atomic E-state index is 3.61. The third-order valence-corrected chi connectivity index (χ3v) is 1.73. The smallest absolute Gasteiger partial charge is 1.00 e. The fourth-order valence-electron chi connectivity index (χ4n) is 0.287. The summed E-state index contributed by atoms with van der Waals surface area (Å²) in [5, 5.41) is 0. The predicted octanol–water partition coefficient (Wildman–Crippen LogP) is -0.847. The molecule has 0 spiro atoms. The molecule has 0 aromatic rings. The summed E-state index contributed by atoms with van der Waals surface area (Å²) in [5.41, 5.74) is 0. The van der Waals surface area contributed by atoms with Crippen molar-refractivity contribution in [1.29, 1.82) is 0 Å². The van der Waals surface area contributed by atoms with Gasteiger partial charge in [-0.05, 0) is 12.3 Å². The SMILES string of the molecule is C=CCPCC=C.[H-].[Li+]. The summed E-state index contributed by atoms with van der Waals surface area (Å²) in [7, 11) is 0.996. The van der Waals surface area contributed by atoms with Crippen LogP contribution in [-0.2, 0) is 0 Å². The van der Waals surface area contributed by atoms with Gasteiger partial charge in [0, 0.05) is 0 Å². The first kappa shape index (κ1) is 11.3. The fraction of sp³-hybridized carbons (Fsp3) is 0.333. The second-order valence-corrected chi connectivity index (χ2v) is 2.55. The van der Waals surface area contributed by atoms with E-state index in [-0.39, 0.29) is 20.3 Å². The van der Waals surface area contributed by atoms with E-state index in [4.69, 9.17) is 0 Å². The largest absolute Gasteiger partial charge is 1.00 e. The molecular formula is C6H12LiP. The van der Waals surface area contributed by atoms with Gasteiger partial charge in [0.05, 0.1) is 0 Å². The monoisotopic (exact) mass is 122 g/mol. The molecule has 0 aromatic heterocycles. The number of rotatable bonds is 4. The van der Waals surface area contributed by atoms with Gasteiger partial charge in [-0.2, -0.15) is 0 Å². The molecule has 0 fully saturated rings. The van der Waals surface area contributed by atoms with Gasteiger partial charge in [-0.15, -0.1) is 21.7 Å². The number of hydrogen-bond acceptors (Lipinski definition) is 0. The van der Waals surface area contributed by atoms with Gasteiger partial charge in [-0.1, -0.05) is 12.2 Å². The van der Waals surface area contributed by atoms with Crippen molar-refractivity contribution in [3.8, 4) is 0 Å². The van der Waals surface area contributed by atoms with E-state index in [1.165, 1.54) is 0 Å². The van der Waals surface area contributed by atoms with Crippen LogP contribution in [-0.4, -0.2) is 12.3 Å². The molecule has 0 aliphatic rings. The summed E-state index contributed by atoms with van der Waals surface area (Å²) < 4.78 is 0. The Labute approximate surface area is 66.9 Å². The van der Waals surface area contributed by atoms with Crippen LogP contribution in [0, 0.1) is 0 Å². The van der Waals surface area contributed by atoms with E-state index in [9.17, 15) is 0 Å². The topological polar surface area (TPSA) is 0 Å². The van der Waals surface area contributed by atoms with Crippen LogP contribution >= 0.6 is 8.58 Å². The molecule has 0 aromatic carbocycles. The van der Waals surface area contributed by atoms with E-state index in [1.807, 2.05) is 12.2 Å². The summed E-state index contributed by atoms with van der Waals surface area (Å²) in [6.07, 6.45) is 6.18. The molecule has 0 amide bonds. The summed E-state index contributed by atoms with van der Waals surface area (Å²) >= 11 is 0. The van der Waals surface area contributed by atoms with E-state index in [0.717, 1.165) is 20.9 Å². The van der Waals surface area contributed by atoms with Crippen molar-refractivity contribution in [2.24, 2.45) is 0 Å². The van der Waals surface area contributed by atoms with Gasteiger partial charge in [0.1, 0.15) is 0 Å². The second kappa shape index (κ2) is 10.5. The minimum atomic E-state index is 0. The molecule has 0 N–H and O–H groups in total. The van der Waals surface area contributed by atoms with Crippen LogP contribution in [0.25, 0.3) is 0 Å². The molecule has 42 valence electrons. The molecule has 0 saturated carbocycles. The molecule has 0 rings (SSSR count). The molecule has 0 atom stereocenters. The summed E-state index contributed by atoms with van der Waals surface area (Å²) in [4.78, 5) is 0. The van der Waals surface area contributed by atoms with Gasteiger partial charge < -0.3 is 1.43 Å². The Morgan fingerprint density at radius 1 is 1.25 bits per heavy atom. The minimum Gasteiger partial charge on any atom is -1.00 e. The van der Waals surface area contributed by atoms with Gasteiger partial charge in [0.2, 0.25) is 0 Å². The minimum absolute atomic E-state index is 0. The Kier molecular flexibility index (Phi) is 14.8. The Hall–Kier alpha value is 0.507. The van der Waals surface area contributed by atoms with Crippen molar-refractivity contribution in [2.75, 3.05) is 12.3 Å². The molecule has 2 heteroatoms. The average Bonchev–Trinajstić information content (AvgIpc) is 1.69. The first-order valence-corrected chi connectivity index (χ1v) is 3.75. The molecule has 0 heterocycles. The van der Waals surface area contributed by atoms with Crippen LogP contribution in [0.1, 0.15) is 1.43 Å². The molecule has 0 radical (unpaired) electrons. The maximum absolute atomic E-state index is 3.61. The molecule has 0 aliphatic heterocycles. The third kappa shape index (κ3) is 9.72. The standard InChI is InChI=1S/C6H11P.Li.H/c1-3-5-7-6-4-2;;/h3-4,7H,1-2,5-6H2;;/q;+1;-1. The zero-order valence-electron chi connectivity index (χ0n) is 6.48. The Balaban J connectivity index is -0.000000180. The van der Waals surface area contributed by atoms with Gasteiger partial charge in [0.25, 0.3) is 0 Å². The first-order chi connectivity index (χ1) is 3.41. The first-order valence-electron chi connectivity index (χ1n) is 2.34. The van der Waals surface area contributed by atoms with Crippen molar-refractivity contribution in [1.82, 2.24) is 0 Å². The Bertz CT molecular complexity index is 58.1. The second-order valence-electron chi connectivity index (χ2n) is 1.24. The summed E-state index contributed by atoms with van der Waals surface area (Å²) in [6, 6.07) is 0. The van der Waals surface area contributed by atoms with Crippen LogP contribution in [0.4, 0.5) is 0 Å². The van der Waals surface area contributed by atoms with Crippen LogP contribution in [0.15, 0.2) is 25.3 Å². The van der Waals surface area contributed by atoms with Gasteiger partial charge in [-0.25, -0.2) is 0 Å². The van der Waals surface area contributed by atoms with Crippen LogP contribution in [0.5, 0.6) is 0 Å². The molecule has 0 unspecified atom stereocenters. The zero-order chi connectivity index (χ0) is 5.54. The number of allylic oxidation sites excluding steroid dienone is 2. The van der Waals surface area contributed by atoms with E-state index in [0.29, 0.717) is 0 Å². The quantitative estimate of drug-likeness (QED) is 0.197. The predicted molar refractivity (Wildman–Crippen MR) is 39.6 cm³/mol. The summed E-state index contributed by atoms with van der Waals surface area (Å²) in [6.45, 7) is 7.21. The van der Waals surface area contributed by atoms with Gasteiger partial charge in [0.15, 0.2) is 0 Å². The molecule has 0 saturated heterocycles. The molecule has 0 nitrogen and oxygen atoms in total. The molecule has 8 heavy (non-hydrogen) atoms. The van der Waals surface area contributed by atoms with Crippen LogP contribution in [0.2, 0.25) is 0 Å². The van der Waals surface area contributed by atoms with Gasteiger partial charge in [-0.3, -0.25) is 0 Å². The molecular weight excluding hydrogens is 110 g/mol.